The zero-order chi connectivity index (χ0) is 13.1. The van der Waals surface area contributed by atoms with Crippen LogP contribution in [0.2, 0.25) is 5.02 Å². The molecule has 0 bridgehead atoms. The Morgan fingerprint density at radius 2 is 2.17 bits per heavy atom. The van der Waals surface area contributed by atoms with Gasteiger partial charge in [0.1, 0.15) is 5.02 Å². The zero-order valence-electron chi connectivity index (χ0n) is 10.7. The van der Waals surface area contributed by atoms with Crippen LogP contribution in [0.25, 0.3) is 0 Å². The molecule has 1 aromatic rings. The normalized spacial score (nSPS) is 17.1. The maximum absolute atomic E-state index is 12.0. The van der Waals surface area contributed by atoms with Crippen LogP contribution < -0.4 is 16.2 Å². The van der Waals surface area contributed by atoms with Crippen molar-refractivity contribution in [1.29, 1.82) is 0 Å². The number of hydrogen-bond donors (Lipinski definition) is 2. The topological polar surface area (TPSA) is 59.0 Å². The molecule has 0 unspecified atom stereocenters. The Kier molecular flexibility index (Phi) is 4.24. The summed E-state index contributed by atoms with van der Waals surface area (Å²) in [6.07, 6.45) is 3.71. The van der Waals surface area contributed by atoms with Crippen LogP contribution in [0.1, 0.15) is 32.7 Å². The van der Waals surface area contributed by atoms with Gasteiger partial charge in [-0.2, -0.15) is 5.10 Å². The van der Waals surface area contributed by atoms with Crippen LogP contribution in [0.3, 0.4) is 0 Å². The SMILES string of the molecule is CC(C)n1ncc(NC2CCNCC2)c(Cl)c1=O. The smallest absolute Gasteiger partial charge is 0.287 e. The molecule has 2 rings (SSSR count). The second kappa shape index (κ2) is 5.71. The van der Waals surface area contributed by atoms with E-state index in [1.165, 1.54) is 4.68 Å². The van der Waals surface area contributed by atoms with Gasteiger partial charge in [0.25, 0.3) is 5.56 Å². The summed E-state index contributed by atoms with van der Waals surface area (Å²) < 4.78 is 1.40. The summed E-state index contributed by atoms with van der Waals surface area (Å²) in [4.78, 5) is 12.0. The third-order valence-electron chi connectivity index (χ3n) is 3.13. The lowest BCUT2D eigenvalue weighted by Gasteiger charge is -2.25. The number of nitrogens with zero attached hydrogens (tertiary/aromatic N) is 2. The van der Waals surface area contributed by atoms with Crippen LogP contribution in [0, 0.1) is 0 Å². The largest absolute Gasteiger partial charge is 0.380 e. The van der Waals surface area contributed by atoms with Crippen molar-refractivity contribution >= 4 is 17.3 Å². The van der Waals surface area contributed by atoms with E-state index in [0.717, 1.165) is 25.9 Å². The predicted molar refractivity (Wildman–Crippen MR) is 73.4 cm³/mol. The second-order valence-electron chi connectivity index (χ2n) is 4.88. The number of aromatic nitrogens is 2. The van der Waals surface area contributed by atoms with Crippen molar-refractivity contribution < 1.29 is 0 Å². The van der Waals surface area contributed by atoms with Crippen molar-refractivity contribution in [2.24, 2.45) is 0 Å². The Morgan fingerprint density at radius 1 is 1.50 bits per heavy atom. The highest BCUT2D eigenvalue weighted by Gasteiger charge is 2.16. The van der Waals surface area contributed by atoms with Crippen LogP contribution in [-0.4, -0.2) is 28.9 Å². The summed E-state index contributed by atoms with van der Waals surface area (Å²) in [5.74, 6) is 0. The van der Waals surface area contributed by atoms with Gasteiger partial charge >= 0.3 is 0 Å². The summed E-state index contributed by atoms with van der Waals surface area (Å²) >= 11 is 6.11. The van der Waals surface area contributed by atoms with E-state index in [9.17, 15) is 4.79 Å². The number of piperidine rings is 1. The van der Waals surface area contributed by atoms with Crippen molar-refractivity contribution in [1.82, 2.24) is 15.1 Å². The summed E-state index contributed by atoms with van der Waals surface area (Å²) in [5, 5.41) is 11.0. The quantitative estimate of drug-likeness (QED) is 0.877. The van der Waals surface area contributed by atoms with Gasteiger partial charge in [-0.05, 0) is 39.8 Å². The van der Waals surface area contributed by atoms with Crippen molar-refractivity contribution in [3.8, 4) is 0 Å². The molecule has 2 N–H and O–H groups in total. The molecule has 1 aliphatic rings. The first kappa shape index (κ1) is 13.4. The van der Waals surface area contributed by atoms with E-state index in [1.807, 2.05) is 13.8 Å². The molecule has 5 nitrogen and oxygen atoms in total. The molecule has 1 fully saturated rings. The number of halogens is 1. The van der Waals surface area contributed by atoms with E-state index in [-0.39, 0.29) is 16.6 Å². The average Bonchev–Trinajstić information content (AvgIpc) is 2.36. The van der Waals surface area contributed by atoms with Gasteiger partial charge in [0.15, 0.2) is 0 Å². The third-order valence-corrected chi connectivity index (χ3v) is 3.50. The van der Waals surface area contributed by atoms with Crippen LogP contribution in [0.15, 0.2) is 11.0 Å². The van der Waals surface area contributed by atoms with Crippen LogP contribution in [0.4, 0.5) is 5.69 Å². The van der Waals surface area contributed by atoms with Crippen LogP contribution >= 0.6 is 11.6 Å². The first-order chi connectivity index (χ1) is 8.59. The lowest BCUT2D eigenvalue weighted by atomic mass is 10.1. The minimum atomic E-state index is -0.231. The molecule has 1 aliphatic heterocycles. The summed E-state index contributed by atoms with van der Waals surface area (Å²) in [7, 11) is 0. The molecular weight excluding hydrogens is 252 g/mol. The van der Waals surface area contributed by atoms with E-state index in [0.29, 0.717) is 11.7 Å². The van der Waals surface area contributed by atoms with Crippen LogP contribution in [0.5, 0.6) is 0 Å². The van der Waals surface area contributed by atoms with Crippen LogP contribution in [-0.2, 0) is 0 Å². The second-order valence-corrected chi connectivity index (χ2v) is 5.26. The predicted octanol–water partition coefficient (Wildman–Crippen LogP) is 1.64. The Hall–Kier alpha value is -1.07. The Balaban J connectivity index is 2.19. The minimum absolute atomic E-state index is 0.0166. The standard InChI is InChI=1S/C12H19ClN4O/c1-8(2)17-12(18)11(13)10(7-15-17)16-9-3-5-14-6-4-9/h7-9,14,16H,3-6H2,1-2H3. The summed E-state index contributed by atoms with van der Waals surface area (Å²) in [6.45, 7) is 5.80. The first-order valence-corrected chi connectivity index (χ1v) is 6.72. The van der Waals surface area contributed by atoms with E-state index < -0.39 is 0 Å². The van der Waals surface area contributed by atoms with Crippen molar-refractivity contribution in [3.05, 3.63) is 21.6 Å². The zero-order valence-corrected chi connectivity index (χ0v) is 11.5. The van der Waals surface area contributed by atoms with Gasteiger partial charge in [-0.25, -0.2) is 4.68 Å². The Bertz CT molecular complexity index is 466. The van der Waals surface area contributed by atoms with Gasteiger partial charge in [-0.3, -0.25) is 4.79 Å². The molecule has 0 aliphatic carbocycles. The molecule has 1 saturated heterocycles. The third kappa shape index (κ3) is 2.84. The van der Waals surface area contributed by atoms with Gasteiger partial charge in [0, 0.05) is 6.04 Å². The molecule has 0 amide bonds. The lowest BCUT2D eigenvalue weighted by molar-refractivity contribution is 0.476. The highest BCUT2D eigenvalue weighted by atomic mass is 35.5. The number of anilines is 1. The monoisotopic (exact) mass is 270 g/mol. The minimum Gasteiger partial charge on any atom is -0.380 e. The maximum Gasteiger partial charge on any atom is 0.287 e. The number of nitrogens with one attached hydrogen (secondary N) is 2. The van der Waals surface area contributed by atoms with Gasteiger partial charge in [0.05, 0.1) is 17.9 Å². The van der Waals surface area contributed by atoms with Gasteiger partial charge in [-0.1, -0.05) is 11.6 Å². The molecule has 0 spiro atoms. The van der Waals surface area contributed by atoms with Gasteiger partial charge in [0.2, 0.25) is 0 Å². The van der Waals surface area contributed by atoms with E-state index in [4.69, 9.17) is 11.6 Å². The Morgan fingerprint density at radius 3 is 2.78 bits per heavy atom. The van der Waals surface area contributed by atoms with E-state index >= 15 is 0 Å². The first-order valence-electron chi connectivity index (χ1n) is 6.34. The van der Waals surface area contributed by atoms with E-state index in [2.05, 4.69) is 15.7 Å². The number of hydrogen-bond acceptors (Lipinski definition) is 4. The molecule has 0 radical (unpaired) electrons. The molecule has 6 heteroatoms. The fourth-order valence-electron chi connectivity index (χ4n) is 2.10. The van der Waals surface area contributed by atoms with Crippen molar-refractivity contribution in [2.45, 2.75) is 38.8 Å². The summed E-state index contributed by atoms with van der Waals surface area (Å²) in [5.41, 5.74) is 0.413. The molecule has 0 atom stereocenters. The molecule has 0 saturated carbocycles. The molecule has 1 aromatic heterocycles. The maximum atomic E-state index is 12.0. The van der Waals surface area contributed by atoms with E-state index in [1.54, 1.807) is 6.20 Å². The fraction of sp³-hybridized carbons (Fsp3) is 0.667. The average molecular weight is 271 g/mol. The molecular formula is C12H19ClN4O. The molecule has 0 aromatic carbocycles. The fourth-order valence-corrected chi connectivity index (χ4v) is 2.29. The molecule has 100 valence electrons. The molecule has 18 heavy (non-hydrogen) atoms. The molecule has 2 heterocycles. The van der Waals surface area contributed by atoms with Gasteiger partial charge in [-0.15, -0.1) is 0 Å². The summed E-state index contributed by atoms with van der Waals surface area (Å²) in [6, 6.07) is 0.378. The Labute approximate surface area is 112 Å². The van der Waals surface area contributed by atoms with Crippen molar-refractivity contribution in [3.63, 3.8) is 0 Å². The highest BCUT2D eigenvalue weighted by molar-refractivity contribution is 6.32. The number of rotatable bonds is 3. The lowest BCUT2D eigenvalue weighted by Crippen LogP contribution is -2.36. The van der Waals surface area contributed by atoms with Crippen molar-refractivity contribution in [2.75, 3.05) is 18.4 Å². The highest BCUT2D eigenvalue weighted by Crippen LogP contribution is 2.19. The van der Waals surface area contributed by atoms with Gasteiger partial charge < -0.3 is 10.6 Å².